The minimum atomic E-state index is -0.557. The normalized spacial score (nSPS) is 11.8. The second kappa shape index (κ2) is 5.11. The molecule has 0 heterocycles. The number of aliphatic imine (C=N–C) groups is 1. The van der Waals surface area contributed by atoms with Crippen molar-refractivity contribution in [2.24, 2.45) is 4.99 Å². The average molecular weight is 172 g/mol. The topological polar surface area (TPSA) is 70.8 Å². The molecule has 0 aliphatic heterocycles. The van der Waals surface area contributed by atoms with E-state index in [0.717, 1.165) is 6.20 Å². The van der Waals surface area contributed by atoms with E-state index in [1.807, 2.05) is 0 Å². The Labute approximate surface area is 70.7 Å². The van der Waals surface area contributed by atoms with Crippen molar-refractivity contribution < 1.29 is 4.92 Å². The van der Waals surface area contributed by atoms with Gasteiger partial charge in [-0.05, 0) is 0 Å². The molecule has 0 aromatic rings. The Morgan fingerprint density at radius 2 is 2.25 bits per heavy atom. The van der Waals surface area contributed by atoms with Gasteiger partial charge < -0.3 is 10.2 Å². The lowest BCUT2D eigenvalue weighted by Gasteiger charge is -2.02. The van der Waals surface area contributed by atoms with E-state index < -0.39 is 4.92 Å². The molecular weight excluding hydrogens is 160 g/mol. The monoisotopic (exact) mass is 172 g/mol. The minimum absolute atomic E-state index is 0.216. The number of nitrogens with zero attached hydrogens (tertiary/aromatic N) is 3. The maximum Gasteiger partial charge on any atom is 0.276 e. The Morgan fingerprint density at radius 1 is 1.67 bits per heavy atom. The molecule has 0 unspecified atom stereocenters. The molecule has 0 aromatic carbocycles. The van der Waals surface area contributed by atoms with Crippen LogP contribution < -0.4 is 5.32 Å². The van der Waals surface area contributed by atoms with Crippen LogP contribution in [-0.2, 0) is 0 Å². The summed E-state index contributed by atoms with van der Waals surface area (Å²) in [6.45, 7) is 0. The summed E-state index contributed by atoms with van der Waals surface area (Å²) in [5.74, 6) is 0.216. The second-order valence-electron chi connectivity index (χ2n) is 2.26. The van der Waals surface area contributed by atoms with Crippen LogP contribution in [0.25, 0.3) is 0 Å². The molecule has 68 valence electrons. The van der Waals surface area contributed by atoms with Crippen molar-refractivity contribution in [3.05, 3.63) is 22.1 Å². The van der Waals surface area contributed by atoms with Crippen molar-refractivity contribution >= 4 is 6.34 Å². The highest BCUT2D eigenvalue weighted by Crippen LogP contribution is 1.88. The molecule has 0 fully saturated rings. The van der Waals surface area contributed by atoms with E-state index in [4.69, 9.17) is 0 Å². The molecule has 0 aliphatic rings. The van der Waals surface area contributed by atoms with E-state index in [9.17, 15) is 10.1 Å². The van der Waals surface area contributed by atoms with Crippen LogP contribution in [0.15, 0.2) is 17.0 Å². The lowest BCUT2D eigenvalue weighted by atomic mass is 10.7. The van der Waals surface area contributed by atoms with Crippen LogP contribution in [0.4, 0.5) is 0 Å². The largest absolute Gasteiger partial charge is 0.369 e. The summed E-state index contributed by atoms with van der Waals surface area (Å²) in [5, 5.41) is 12.6. The summed E-state index contributed by atoms with van der Waals surface area (Å²) in [4.78, 5) is 14.9. The van der Waals surface area contributed by atoms with Gasteiger partial charge in [0.2, 0.25) is 0 Å². The van der Waals surface area contributed by atoms with Gasteiger partial charge in [-0.1, -0.05) is 0 Å². The fraction of sp³-hybridized carbons (Fsp3) is 0.500. The highest BCUT2D eigenvalue weighted by Gasteiger charge is 1.95. The molecule has 0 saturated carbocycles. The molecule has 0 saturated heterocycles. The molecule has 1 N–H and O–H groups in total. The third kappa shape index (κ3) is 5.21. The molecule has 0 spiro atoms. The van der Waals surface area contributed by atoms with Crippen LogP contribution >= 0.6 is 0 Å². The van der Waals surface area contributed by atoms with Crippen LogP contribution in [0.3, 0.4) is 0 Å². The molecule has 0 radical (unpaired) electrons. The highest BCUT2D eigenvalue weighted by molar-refractivity contribution is 5.55. The summed E-state index contributed by atoms with van der Waals surface area (Å²) in [6, 6.07) is 0. The Balaban J connectivity index is 4.27. The summed E-state index contributed by atoms with van der Waals surface area (Å²) < 4.78 is 0. The predicted octanol–water partition coefficient (Wildman–Crippen LogP) is -0.129. The van der Waals surface area contributed by atoms with Crippen LogP contribution in [0.5, 0.6) is 0 Å². The number of nitro groups is 1. The molecule has 0 aliphatic carbocycles. The molecule has 6 heteroatoms. The average Bonchev–Trinajstić information content (AvgIpc) is 1.97. The first-order valence-electron chi connectivity index (χ1n) is 3.30. The van der Waals surface area contributed by atoms with Crippen molar-refractivity contribution in [1.29, 1.82) is 0 Å². The second-order valence-corrected chi connectivity index (χ2v) is 2.26. The Kier molecular flexibility index (Phi) is 4.43. The van der Waals surface area contributed by atoms with Gasteiger partial charge in [-0.2, -0.15) is 0 Å². The number of nitrogens with one attached hydrogen (secondary N) is 1. The smallest absolute Gasteiger partial charge is 0.276 e. The fourth-order valence-corrected chi connectivity index (χ4v) is 0.440. The lowest BCUT2D eigenvalue weighted by Crippen LogP contribution is -2.11. The SMILES string of the molecule is CN/C(=C\[N+](=O)[O-])N=CN(C)C. The van der Waals surface area contributed by atoms with Gasteiger partial charge in [-0.3, -0.25) is 10.1 Å². The minimum Gasteiger partial charge on any atom is -0.369 e. The third-order valence-corrected chi connectivity index (χ3v) is 0.912. The van der Waals surface area contributed by atoms with E-state index in [-0.39, 0.29) is 5.82 Å². The van der Waals surface area contributed by atoms with Crippen molar-refractivity contribution in [3.8, 4) is 0 Å². The van der Waals surface area contributed by atoms with Gasteiger partial charge >= 0.3 is 0 Å². The van der Waals surface area contributed by atoms with Crippen molar-refractivity contribution in [2.75, 3.05) is 21.1 Å². The quantitative estimate of drug-likeness (QED) is 0.277. The molecule has 0 atom stereocenters. The fourth-order valence-electron chi connectivity index (χ4n) is 0.440. The molecule has 6 nitrogen and oxygen atoms in total. The zero-order valence-electron chi connectivity index (χ0n) is 7.31. The molecule has 0 bridgehead atoms. The molecular formula is C6H12N4O2. The van der Waals surface area contributed by atoms with Gasteiger partial charge in [-0.15, -0.1) is 0 Å². The first kappa shape index (κ1) is 10.4. The van der Waals surface area contributed by atoms with Gasteiger partial charge in [0, 0.05) is 21.1 Å². The van der Waals surface area contributed by atoms with Gasteiger partial charge in [0.05, 0.1) is 11.3 Å². The van der Waals surface area contributed by atoms with Crippen LogP contribution in [0, 0.1) is 10.1 Å². The van der Waals surface area contributed by atoms with Crippen molar-refractivity contribution in [1.82, 2.24) is 10.2 Å². The van der Waals surface area contributed by atoms with E-state index in [1.165, 1.54) is 6.34 Å². The van der Waals surface area contributed by atoms with Gasteiger partial charge in [0.25, 0.3) is 6.20 Å². The Bertz CT molecular complexity index is 210. The standard InChI is InChI=1S/C6H12N4O2/c1-7-6(4-10(11)12)8-5-9(2)3/h4-5,7H,1-3H3/b6-4+,8-5?. The Morgan fingerprint density at radius 3 is 2.58 bits per heavy atom. The van der Waals surface area contributed by atoms with E-state index in [2.05, 4.69) is 10.3 Å². The summed E-state index contributed by atoms with van der Waals surface area (Å²) in [5.41, 5.74) is 0. The van der Waals surface area contributed by atoms with Crippen LogP contribution in [-0.4, -0.2) is 37.3 Å². The Hall–Kier alpha value is -1.59. The number of hydrogen-bond acceptors (Lipinski definition) is 4. The van der Waals surface area contributed by atoms with Crippen molar-refractivity contribution in [3.63, 3.8) is 0 Å². The number of rotatable bonds is 4. The first-order valence-corrected chi connectivity index (χ1v) is 3.30. The molecule has 0 amide bonds. The van der Waals surface area contributed by atoms with Gasteiger partial charge in [0.1, 0.15) is 0 Å². The summed E-state index contributed by atoms with van der Waals surface area (Å²) in [6.07, 6.45) is 2.28. The zero-order valence-corrected chi connectivity index (χ0v) is 7.31. The van der Waals surface area contributed by atoms with E-state index in [0.29, 0.717) is 0 Å². The van der Waals surface area contributed by atoms with Gasteiger partial charge in [0.15, 0.2) is 5.82 Å². The van der Waals surface area contributed by atoms with E-state index >= 15 is 0 Å². The predicted molar refractivity (Wildman–Crippen MR) is 46.3 cm³/mol. The first-order chi connectivity index (χ1) is 5.56. The van der Waals surface area contributed by atoms with E-state index in [1.54, 1.807) is 26.0 Å². The van der Waals surface area contributed by atoms with Gasteiger partial charge in [-0.25, -0.2) is 4.99 Å². The number of hydrogen-bond donors (Lipinski definition) is 1. The highest BCUT2D eigenvalue weighted by atomic mass is 16.6. The molecule has 12 heavy (non-hydrogen) atoms. The summed E-state index contributed by atoms with van der Waals surface area (Å²) in [7, 11) is 5.13. The molecule has 0 rings (SSSR count). The maximum absolute atomic E-state index is 10.0. The van der Waals surface area contributed by atoms with Crippen LogP contribution in [0.1, 0.15) is 0 Å². The van der Waals surface area contributed by atoms with Crippen LogP contribution in [0.2, 0.25) is 0 Å². The zero-order chi connectivity index (χ0) is 9.56. The maximum atomic E-state index is 10.0. The van der Waals surface area contributed by atoms with Crippen molar-refractivity contribution in [2.45, 2.75) is 0 Å². The summed E-state index contributed by atoms with van der Waals surface area (Å²) >= 11 is 0. The third-order valence-electron chi connectivity index (χ3n) is 0.912. The lowest BCUT2D eigenvalue weighted by molar-refractivity contribution is -0.403. The molecule has 0 aromatic heterocycles.